The molecule has 1 aromatic carbocycles. The number of carbonyl (C=O) groups excluding carboxylic acids is 2. The molecule has 0 aromatic heterocycles. The highest BCUT2D eigenvalue weighted by molar-refractivity contribution is 5.89. The minimum atomic E-state index is -0.378. The lowest BCUT2D eigenvalue weighted by Gasteiger charge is -2.06. The predicted octanol–water partition coefficient (Wildman–Crippen LogP) is 1.81. The Bertz CT molecular complexity index is 396. The third-order valence-electron chi connectivity index (χ3n) is 2.14. The van der Waals surface area contributed by atoms with Gasteiger partial charge >= 0.3 is 11.9 Å². The lowest BCUT2D eigenvalue weighted by molar-refractivity contribution is -0.141. The molecule has 0 amide bonds. The van der Waals surface area contributed by atoms with E-state index in [2.05, 4.69) is 4.74 Å². The van der Waals surface area contributed by atoms with Crippen LogP contribution in [0, 0.1) is 0 Å². The normalized spacial score (nSPS) is 9.67. The van der Waals surface area contributed by atoms with Crippen LogP contribution in [0.25, 0.3) is 0 Å². The summed E-state index contributed by atoms with van der Waals surface area (Å²) in [4.78, 5) is 21.7. The topological polar surface area (TPSA) is 61.8 Å². The number of hydrogen-bond donors (Lipinski definition) is 0. The van der Waals surface area contributed by atoms with Crippen LogP contribution < -0.4 is 4.74 Å². The zero-order valence-corrected chi connectivity index (χ0v) is 10.5. The van der Waals surface area contributed by atoms with Gasteiger partial charge in [-0.15, -0.1) is 0 Å². The van der Waals surface area contributed by atoms with Gasteiger partial charge in [0.15, 0.2) is 0 Å². The van der Waals surface area contributed by atoms with Crippen molar-refractivity contribution in [1.29, 1.82) is 0 Å². The first kappa shape index (κ1) is 14.0. The summed E-state index contributed by atoms with van der Waals surface area (Å²) in [6.45, 7) is 2.16. The summed E-state index contributed by atoms with van der Waals surface area (Å²) in [6.07, 6.45) is 0.623. The zero-order chi connectivity index (χ0) is 13.4. The van der Waals surface area contributed by atoms with Gasteiger partial charge in [-0.1, -0.05) is 0 Å². The summed E-state index contributed by atoms with van der Waals surface area (Å²) >= 11 is 0. The first-order valence-electron chi connectivity index (χ1n) is 5.58. The molecule has 0 aliphatic carbocycles. The number of esters is 2. The Morgan fingerprint density at radius 3 is 2.33 bits per heavy atom. The number of benzene rings is 1. The summed E-state index contributed by atoms with van der Waals surface area (Å²) < 4.78 is 14.8. The van der Waals surface area contributed by atoms with E-state index >= 15 is 0 Å². The van der Waals surface area contributed by atoms with E-state index in [9.17, 15) is 9.59 Å². The highest BCUT2D eigenvalue weighted by Gasteiger charge is 2.04. The maximum Gasteiger partial charge on any atom is 0.337 e. The molecule has 0 fully saturated rings. The molecule has 0 saturated carbocycles. The fraction of sp³-hybridized carbons (Fsp3) is 0.385. The van der Waals surface area contributed by atoms with Gasteiger partial charge in [0, 0.05) is 13.3 Å². The molecule has 18 heavy (non-hydrogen) atoms. The van der Waals surface area contributed by atoms with Gasteiger partial charge in [0.05, 0.1) is 25.9 Å². The van der Waals surface area contributed by atoms with E-state index in [0.29, 0.717) is 30.9 Å². The van der Waals surface area contributed by atoms with E-state index in [4.69, 9.17) is 9.47 Å². The third kappa shape index (κ3) is 4.86. The van der Waals surface area contributed by atoms with Crippen molar-refractivity contribution in [3.63, 3.8) is 0 Å². The lowest BCUT2D eigenvalue weighted by Crippen LogP contribution is -2.06. The Morgan fingerprint density at radius 2 is 1.78 bits per heavy atom. The van der Waals surface area contributed by atoms with Crippen LogP contribution in [0.5, 0.6) is 5.75 Å². The molecule has 0 aliphatic heterocycles. The van der Waals surface area contributed by atoms with Gasteiger partial charge in [-0.2, -0.15) is 0 Å². The molecule has 1 rings (SSSR count). The number of carbonyl (C=O) groups is 2. The Hall–Kier alpha value is -2.04. The van der Waals surface area contributed by atoms with Crippen LogP contribution in [0.1, 0.15) is 23.7 Å². The Labute approximate surface area is 106 Å². The van der Waals surface area contributed by atoms with Gasteiger partial charge in [0.2, 0.25) is 0 Å². The maximum absolute atomic E-state index is 11.2. The van der Waals surface area contributed by atoms with Gasteiger partial charge in [-0.25, -0.2) is 4.79 Å². The molecule has 0 aliphatic rings. The smallest absolute Gasteiger partial charge is 0.337 e. The molecule has 0 saturated heterocycles. The van der Waals surface area contributed by atoms with Crippen LogP contribution in [-0.2, 0) is 14.3 Å². The second-order valence-corrected chi connectivity index (χ2v) is 3.56. The summed E-state index contributed by atoms with van der Waals surface area (Å²) in [6, 6.07) is 6.65. The number of ether oxygens (including phenoxy) is 3. The Balaban J connectivity index is 2.31. The summed E-state index contributed by atoms with van der Waals surface area (Å²) in [7, 11) is 1.34. The van der Waals surface area contributed by atoms with Crippen molar-refractivity contribution in [3.8, 4) is 5.75 Å². The molecule has 5 heteroatoms. The molecule has 5 nitrogen and oxygen atoms in total. The van der Waals surface area contributed by atoms with Gasteiger partial charge in [-0.05, 0) is 24.3 Å². The van der Waals surface area contributed by atoms with Crippen LogP contribution in [0.2, 0.25) is 0 Å². The zero-order valence-electron chi connectivity index (χ0n) is 10.5. The molecule has 98 valence electrons. The highest BCUT2D eigenvalue weighted by atomic mass is 16.5. The van der Waals surface area contributed by atoms with Crippen molar-refractivity contribution in [3.05, 3.63) is 29.8 Å². The first-order chi connectivity index (χ1) is 8.63. The largest absolute Gasteiger partial charge is 0.493 e. The number of rotatable bonds is 6. The van der Waals surface area contributed by atoms with Crippen LogP contribution in [0.15, 0.2) is 24.3 Å². The van der Waals surface area contributed by atoms with E-state index in [1.807, 2.05) is 0 Å². The van der Waals surface area contributed by atoms with Crippen LogP contribution in [0.3, 0.4) is 0 Å². The Morgan fingerprint density at radius 1 is 1.11 bits per heavy atom. The molecule has 0 unspecified atom stereocenters. The van der Waals surface area contributed by atoms with Gasteiger partial charge in [0.1, 0.15) is 5.75 Å². The molecular formula is C13H16O5. The van der Waals surface area contributed by atoms with E-state index in [1.54, 1.807) is 24.3 Å². The molecule has 1 aromatic rings. The van der Waals surface area contributed by atoms with Gasteiger partial charge in [-0.3, -0.25) is 4.79 Å². The molecular weight excluding hydrogens is 236 g/mol. The quantitative estimate of drug-likeness (QED) is 0.570. The van der Waals surface area contributed by atoms with Gasteiger partial charge < -0.3 is 14.2 Å². The van der Waals surface area contributed by atoms with Gasteiger partial charge in [0.25, 0.3) is 0 Å². The average molecular weight is 252 g/mol. The molecule has 0 N–H and O–H groups in total. The van der Waals surface area contributed by atoms with E-state index < -0.39 is 0 Å². The first-order valence-corrected chi connectivity index (χ1v) is 5.58. The van der Waals surface area contributed by atoms with Crippen molar-refractivity contribution < 1.29 is 23.8 Å². The number of hydrogen-bond acceptors (Lipinski definition) is 5. The molecule has 0 bridgehead atoms. The minimum Gasteiger partial charge on any atom is -0.493 e. The lowest BCUT2D eigenvalue weighted by atomic mass is 10.2. The SMILES string of the molecule is COC(=O)c1ccc(OCCCOC(C)=O)cc1. The van der Waals surface area contributed by atoms with E-state index in [0.717, 1.165) is 0 Å². The van der Waals surface area contributed by atoms with E-state index in [1.165, 1.54) is 14.0 Å². The standard InChI is InChI=1S/C13H16O5/c1-10(14)17-8-3-9-18-12-6-4-11(5-7-12)13(15)16-2/h4-7H,3,8-9H2,1-2H3. The summed E-state index contributed by atoms with van der Waals surface area (Å²) in [5.41, 5.74) is 0.477. The molecule has 0 heterocycles. The summed E-state index contributed by atoms with van der Waals surface area (Å²) in [5.74, 6) is -0.0145. The van der Waals surface area contributed by atoms with Crippen molar-refractivity contribution in [1.82, 2.24) is 0 Å². The minimum absolute atomic E-state index is 0.294. The van der Waals surface area contributed by atoms with Crippen molar-refractivity contribution >= 4 is 11.9 Å². The van der Waals surface area contributed by atoms with Crippen LogP contribution in [-0.4, -0.2) is 32.3 Å². The predicted molar refractivity (Wildman–Crippen MR) is 64.5 cm³/mol. The summed E-state index contributed by atoms with van der Waals surface area (Å²) in [5, 5.41) is 0. The van der Waals surface area contributed by atoms with Crippen molar-refractivity contribution in [2.45, 2.75) is 13.3 Å². The van der Waals surface area contributed by atoms with Crippen molar-refractivity contribution in [2.24, 2.45) is 0 Å². The second kappa shape index (κ2) is 7.32. The maximum atomic E-state index is 11.2. The van der Waals surface area contributed by atoms with Crippen molar-refractivity contribution in [2.75, 3.05) is 20.3 Å². The average Bonchev–Trinajstić information content (AvgIpc) is 2.38. The molecule has 0 radical (unpaired) electrons. The monoisotopic (exact) mass is 252 g/mol. The second-order valence-electron chi connectivity index (χ2n) is 3.56. The fourth-order valence-corrected chi connectivity index (χ4v) is 1.27. The number of methoxy groups -OCH3 is 1. The highest BCUT2D eigenvalue weighted by Crippen LogP contribution is 2.13. The molecule has 0 spiro atoms. The van der Waals surface area contributed by atoms with E-state index in [-0.39, 0.29) is 11.9 Å². The van der Waals surface area contributed by atoms with Crippen LogP contribution >= 0.6 is 0 Å². The molecule has 0 atom stereocenters. The fourth-order valence-electron chi connectivity index (χ4n) is 1.27. The Kier molecular flexibility index (Phi) is 5.70. The van der Waals surface area contributed by atoms with Crippen LogP contribution in [0.4, 0.5) is 0 Å². The third-order valence-corrected chi connectivity index (χ3v) is 2.14.